The van der Waals surface area contributed by atoms with Crippen molar-refractivity contribution in [3.63, 3.8) is 0 Å². The molecule has 0 unspecified atom stereocenters. The fraction of sp³-hybridized carbons (Fsp3) is 0.333. The lowest BCUT2D eigenvalue weighted by atomic mass is 9.86. The lowest BCUT2D eigenvalue weighted by Crippen LogP contribution is -2.41. The Balaban J connectivity index is 1.78. The van der Waals surface area contributed by atoms with Crippen LogP contribution in [-0.4, -0.2) is 11.9 Å². The van der Waals surface area contributed by atoms with Crippen LogP contribution >= 0.6 is 23.2 Å². The topological polar surface area (TPSA) is 66.0 Å². The highest BCUT2D eigenvalue weighted by atomic mass is 35.5. The third-order valence-corrected chi connectivity index (χ3v) is 5.46. The molecule has 0 radical (unpaired) electrons. The maximum atomic E-state index is 12.5. The normalized spacial score (nSPS) is 20.1. The van der Waals surface area contributed by atoms with E-state index in [1.54, 1.807) is 30.3 Å². The average molecular weight is 403 g/mol. The van der Waals surface area contributed by atoms with Crippen LogP contribution in [0.15, 0.2) is 40.3 Å². The molecule has 1 aliphatic carbocycles. The summed E-state index contributed by atoms with van der Waals surface area (Å²) >= 11 is 12.2. The van der Waals surface area contributed by atoms with Gasteiger partial charge >= 0.3 is 0 Å². The minimum Gasteiger partial charge on any atom is -0.457 e. The van der Waals surface area contributed by atoms with Crippen LogP contribution in [0.1, 0.15) is 38.4 Å². The van der Waals surface area contributed by atoms with Gasteiger partial charge in [0.1, 0.15) is 23.2 Å². The molecule has 1 aliphatic rings. The maximum Gasteiger partial charge on any atom is 0.262 e. The van der Waals surface area contributed by atoms with E-state index in [9.17, 15) is 10.1 Å². The molecule has 0 aliphatic heterocycles. The lowest BCUT2D eigenvalue weighted by molar-refractivity contribution is -0.118. The number of amides is 1. The van der Waals surface area contributed by atoms with Gasteiger partial charge in [0.2, 0.25) is 0 Å². The van der Waals surface area contributed by atoms with Gasteiger partial charge in [0, 0.05) is 22.7 Å². The average Bonchev–Trinajstić information content (AvgIpc) is 3.12. The summed E-state index contributed by atoms with van der Waals surface area (Å²) in [6, 6.07) is 10.6. The zero-order valence-electron chi connectivity index (χ0n) is 15.0. The molecule has 6 heteroatoms. The molecule has 27 heavy (non-hydrogen) atoms. The van der Waals surface area contributed by atoms with Crippen molar-refractivity contribution in [3.8, 4) is 17.4 Å². The van der Waals surface area contributed by atoms with E-state index in [4.69, 9.17) is 27.6 Å². The van der Waals surface area contributed by atoms with Crippen molar-refractivity contribution in [2.24, 2.45) is 5.92 Å². The van der Waals surface area contributed by atoms with Crippen LogP contribution < -0.4 is 5.32 Å². The van der Waals surface area contributed by atoms with Gasteiger partial charge in [-0.25, -0.2) is 0 Å². The SMILES string of the molecule is C[C@@H]1CCCC[C@@H]1NC(=O)/C(C#N)=C/c1ccc(-c2cc(Cl)ccc2Cl)o1. The largest absolute Gasteiger partial charge is 0.457 e. The van der Waals surface area contributed by atoms with Crippen LogP contribution in [0.4, 0.5) is 0 Å². The predicted octanol–water partition coefficient (Wildman–Crippen LogP) is 5.86. The summed E-state index contributed by atoms with van der Waals surface area (Å²) in [4.78, 5) is 12.5. The van der Waals surface area contributed by atoms with E-state index in [0.717, 1.165) is 19.3 Å². The molecule has 4 nitrogen and oxygen atoms in total. The summed E-state index contributed by atoms with van der Waals surface area (Å²) in [6.45, 7) is 2.13. The highest BCUT2D eigenvalue weighted by molar-refractivity contribution is 6.35. The summed E-state index contributed by atoms with van der Waals surface area (Å²) in [5.41, 5.74) is 0.675. The molecule has 1 aromatic heterocycles. The number of carbonyl (C=O) groups is 1. The van der Waals surface area contributed by atoms with Crippen molar-refractivity contribution in [2.45, 2.75) is 38.6 Å². The van der Waals surface area contributed by atoms with Crippen LogP contribution in [0.5, 0.6) is 0 Å². The number of hydrogen-bond donors (Lipinski definition) is 1. The third kappa shape index (κ3) is 4.74. The number of nitrogens with zero attached hydrogens (tertiary/aromatic N) is 1. The Bertz CT molecular complexity index is 911. The van der Waals surface area contributed by atoms with Crippen molar-refractivity contribution in [2.75, 3.05) is 0 Å². The molecular formula is C21H20Cl2N2O2. The Kier molecular flexibility index (Phi) is 6.26. The molecule has 1 fully saturated rings. The van der Waals surface area contributed by atoms with E-state index in [-0.39, 0.29) is 17.5 Å². The van der Waals surface area contributed by atoms with E-state index in [1.807, 2.05) is 6.07 Å². The fourth-order valence-electron chi connectivity index (χ4n) is 3.33. The zero-order chi connectivity index (χ0) is 19.4. The van der Waals surface area contributed by atoms with Crippen LogP contribution in [0.25, 0.3) is 17.4 Å². The monoisotopic (exact) mass is 402 g/mol. The van der Waals surface area contributed by atoms with E-state index >= 15 is 0 Å². The second-order valence-electron chi connectivity index (χ2n) is 6.84. The van der Waals surface area contributed by atoms with Crippen molar-refractivity contribution < 1.29 is 9.21 Å². The molecule has 0 bridgehead atoms. The van der Waals surface area contributed by atoms with Crippen LogP contribution in [0, 0.1) is 17.2 Å². The number of nitrogens with one attached hydrogen (secondary N) is 1. The summed E-state index contributed by atoms with van der Waals surface area (Å²) < 4.78 is 5.75. The first-order chi connectivity index (χ1) is 13.0. The van der Waals surface area contributed by atoms with Gasteiger partial charge in [0.05, 0.1) is 5.02 Å². The molecule has 140 valence electrons. The molecule has 1 N–H and O–H groups in total. The molecule has 0 spiro atoms. The van der Waals surface area contributed by atoms with Gasteiger partial charge in [-0.05, 0) is 49.1 Å². The Labute approximate surface area is 168 Å². The molecular weight excluding hydrogens is 383 g/mol. The van der Waals surface area contributed by atoms with E-state index in [2.05, 4.69) is 12.2 Å². The summed E-state index contributed by atoms with van der Waals surface area (Å²) in [7, 11) is 0. The number of furan rings is 1. The fourth-order valence-corrected chi connectivity index (χ4v) is 3.71. The Morgan fingerprint density at radius 1 is 1.26 bits per heavy atom. The Hall–Kier alpha value is -2.22. The zero-order valence-corrected chi connectivity index (χ0v) is 16.5. The first kappa shape index (κ1) is 19.5. The minimum absolute atomic E-state index is 0.0193. The standard InChI is InChI=1S/C21H20Cl2N2O2/c1-13-4-2-3-5-19(13)25-21(26)14(12-24)10-16-7-9-20(27-16)17-11-15(22)6-8-18(17)23/h6-11,13,19H,2-5H2,1H3,(H,25,26)/b14-10+/t13-,19+/m1/s1. The molecule has 1 heterocycles. The second-order valence-corrected chi connectivity index (χ2v) is 7.68. The van der Waals surface area contributed by atoms with Gasteiger partial charge in [0.15, 0.2) is 0 Å². The second kappa shape index (κ2) is 8.65. The van der Waals surface area contributed by atoms with Gasteiger partial charge in [0.25, 0.3) is 5.91 Å². The van der Waals surface area contributed by atoms with Crippen molar-refractivity contribution in [1.82, 2.24) is 5.32 Å². The number of rotatable bonds is 4. The Morgan fingerprint density at radius 2 is 2.04 bits per heavy atom. The molecule has 0 saturated heterocycles. The summed E-state index contributed by atoms with van der Waals surface area (Å²) in [5.74, 6) is 0.981. The quantitative estimate of drug-likeness (QED) is 0.514. The highest BCUT2D eigenvalue weighted by Gasteiger charge is 2.24. The van der Waals surface area contributed by atoms with E-state index in [1.165, 1.54) is 12.5 Å². The van der Waals surface area contributed by atoms with Gasteiger partial charge < -0.3 is 9.73 Å². The van der Waals surface area contributed by atoms with Gasteiger partial charge in [-0.15, -0.1) is 0 Å². The molecule has 1 amide bonds. The van der Waals surface area contributed by atoms with E-state index in [0.29, 0.717) is 33.0 Å². The predicted molar refractivity (Wildman–Crippen MR) is 107 cm³/mol. The summed E-state index contributed by atoms with van der Waals surface area (Å²) in [5, 5.41) is 13.4. The number of halogens is 2. The van der Waals surface area contributed by atoms with Crippen molar-refractivity contribution >= 4 is 35.2 Å². The molecule has 3 rings (SSSR count). The highest BCUT2D eigenvalue weighted by Crippen LogP contribution is 2.32. The Morgan fingerprint density at radius 3 is 2.78 bits per heavy atom. The van der Waals surface area contributed by atoms with E-state index < -0.39 is 0 Å². The molecule has 1 saturated carbocycles. The smallest absolute Gasteiger partial charge is 0.262 e. The molecule has 1 aromatic carbocycles. The number of benzene rings is 1. The van der Waals surface area contributed by atoms with Gasteiger partial charge in [-0.2, -0.15) is 5.26 Å². The first-order valence-electron chi connectivity index (χ1n) is 8.96. The van der Waals surface area contributed by atoms with Crippen molar-refractivity contribution in [3.05, 3.63) is 51.7 Å². The van der Waals surface area contributed by atoms with Crippen LogP contribution in [-0.2, 0) is 4.79 Å². The molecule has 2 atom stereocenters. The molecule has 2 aromatic rings. The number of carbonyl (C=O) groups excluding carboxylic acids is 1. The lowest BCUT2D eigenvalue weighted by Gasteiger charge is -2.29. The first-order valence-corrected chi connectivity index (χ1v) is 9.71. The number of nitriles is 1. The third-order valence-electron chi connectivity index (χ3n) is 4.90. The van der Waals surface area contributed by atoms with Crippen molar-refractivity contribution in [1.29, 1.82) is 5.26 Å². The van der Waals surface area contributed by atoms with Gasteiger partial charge in [-0.3, -0.25) is 4.79 Å². The van der Waals surface area contributed by atoms with Crippen LogP contribution in [0.2, 0.25) is 10.0 Å². The minimum atomic E-state index is -0.366. The summed E-state index contributed by atoms with van der Waals surface area (Å²) in [6.07, 6.45) is 5.78. The maximum absolute atomic E-state index is 12.5. The van der Waals surface area contributed by atoms with Gasteiger partial charge in [-0.1, -0.05) is 43.0 Å². The van der Waals surface area contributed by atoms with Crippen LogP contribution in [0.3, 0.4) is 0 Å². The number of hydrogen-bond acceptors (Lipinski definition) is 3.